The van der Waals surface area contributed by atoms with Crippen LogP contribution in [0.15, 0.2) is 67.3 Å². The monoisotopic (exact) mass is 358 g/mol. The van der Waals surface area contributed by atoms with Crippen LogP contribution in [-0.2, 0) is 0 Å². The lowest BCUT2D eigenvalue weighted by molar-refractivity contribution is 0.252. The Hall–Kier alpha value is -3.74. The number of carbonyl (C=O) groups is 1. The number of hydrogen-bond donors (Lipinski definition) is 2. The number of fused-ring (bicyclic) bond motifs is 1. The van der Waals surface area contributed by atoms with Crippen molar-refractivity contribution in [3.05, 3.63) is 67.3 Å². The number of nitrogens with zero attached hydrogens (tertiary/aromatic N) is 4. The van der Waals surface area contributed by atoms with E-state index in [0.717, 1.165) is 22.6 Å². The van der Waals surface area contributed by atoms with E-state index in [1.54, 1.807) is 18.6 Å². The Bertz CT molecular complexity index is 1080. The van der Waals surface area contributed by atoms with Gasteiger partial charge in [0.15, 0.2) is 0 Å². The van der Waals surface area contributed by atoms with Gasteiger partial charge in [-0.3, -0.25) is 14.5 Å². The van der Waals surface area contributed by atoms with Crippen LogP contribution in [0.1, 0.15) is 6.92 Å². The average Bonchev–Trinajstić information content (AvgIpc) is 3.07. The van der Waals surface area contributed by atoms with Crippen molar-refractivity contribution in [3.8, 4) is 17.1 Å². The molecule has 4 aromatic rings. The zero-order valence-electron chi connectivity index (χ0n) is 14.8. The fourth-order valence-electron chi connectivity index (χ4n) is 2.88. The third-order valence-electron chi connectivity index (χ3n) is 4.08. The van der Waals surface area contributed by atoms with E-state index < -0.39 is 0 Å². The molecule has 0 aliphatic heterocycles. The Labute approximate surface area is 156 Å². The first kappa shape index (κ1) is 16.7. The Morgan fingerprint density at radius 3 is 2.59 bits per heavy atom. The highest BCUT2D eigenvalue weighted by molar-refractivity contribution is 6.00. The molecule has 2 amide bonds. The van der Waals surface area contributed by atoms with Gasteiger partial charge in [0.25, 0.3) is 0 Å². The van der Waals surface area contributed by atoms with Gasteiger partial charge in [-0.15, -0.1) is 0 Å². The first-order valence-corrected chi connectivity index (χ1v) is 8.65. The van der Waals surface area contributed by atoms with Gasteiger partial charge in [0.2, 0.25) is 0 Å². The molecule has 27 heavy (non-hydrogen) atoms. The summed E-state index contributed by atoms with van der Waals surface area (Å²) in [5, 5.41) is 5.59. The van der Waals surface area contributed by atoms with E-state index in [1.807, 2.05) is 60.2 Å². The summed E-state index contributed by atoms with van der Waals surface area (Å²) in [6, 6.07) is 13.2. The fourth-order valence-corrected chi connectivity index (χ4v) is 2.88. The van der Waals surface area contributed by atoms with Crippen LogP contribution in [0, 0.1) is 0 Å². The molecule has 7 heteroatoms. The van der Waals surface area contributed by atoms with Gasteiger partial charge in [0, 0.05) is 36.9 Å². The molecule has 2 N–H and O–H groups in total. The minimum Gasteiger partial charge on any atom is -0.338 e. The van der Waals surface area contributed by atoms with Gasteiger partial charge in [-0.25, -0.2) is 9.78 Å². The molecule has 7 nitrogen and oxygen atoms in total. The Balaban J connectivity index is 1.87. The molecule has 0 radical (unpaired) electrons. The van der Waals surface area contributed by atoms with Crippen molar-refractivity contribution in [2.75, 3.05) is 11.9 Å². The maximum atomic E-state index is 12.0. The molecular weight excluding hydrogens is 340 g/mol. The molecule has 0 atom stereocenters. The van der Waals surface area contributed by atoms with Crippen LogP contribution in [0.3, 0.4) is 0 Å². The number of amides is 2. The summed E-state index contributed by atoms with van der Waals surface area (Å²) >= 11 is 0. The molecule has 0 bridgehead atoms. The Morgan fingerprint density at radius 2 is 1.89 bits per heavy atom. The lowest BCUT2D eigenvalue weighted by Crippen LogP contribution is -2.28. The highest BCUT2D eigenvalue weighted by Crippen LogP contribution is 2.29. The van der Waals surface area contributed by atoms with Crippen LogP contribution in [0.4, 0.5) is 10.5 Å². The van der Waals surface area contributed by atoms with E-state index in [9.17, 15) is 4.79 Å². The van der Waals surface area contributed by atoms with Crippen molar-refractivity contribution in [3.63, 3.8) is 0 Å². The molecule has 0 saturated heterocycles. The van der Waals surface area contributed by atoms with Gasteiger partial charge < -0.3 is 10.6 Å². The number of carbonyl (C=O) groups excluding carboxylic acids is 1. The molecule has 134 valence electrons. The van der Waals surface area contributed by atoms with Crippen LogP contribution in [0.25, 0.3) is 28.1 Å². The largest absolute Gasteiger partial charge is 0.338 e. The van der Waals surface area contributed by atoms with Gasteiger partial charge in [-0.1, -0.05) is 12.1 Å². The second-order valence-electron chi connectivity index (χ2n) is 5.89. The highest BCUT2D eigenvalue weighted by atomic mass is 16.2. The molecule has 0 saturated carbocycles. The third-order valence-corrected chi connectivity index (χ3v) is 4.08. The standard InChI is InChI=1S/C20H18N6O/c1-2-21-20(27)25-16-13-26(18-8-4-6-10-23-18)17-11-14(12-24-19(16)17)15-7-3-5-9-22-15/h3-13H,2H2,1H3,(H2,21,25,27). The molecule has 4 heterocycles. The quantitative estimate of drug-likeness (QED) is 0.583. The number of hydrogen-bond acceptors (Lipinski definition) is 4. The van der Waals surface area contributed by atoms with Crippen molar-refractivity contribution in [2.45, 2.75) is 6.92 Å². The van der Waals surface area contributed by atoms with E-state index in [4.69, 9.17) is 0 Å². The van der Waals surface area contributed by atoms with E-state index in [2.05, 4.69) is 25.6 Å². The lowest BCUT2D eigenvalue weighted by Gasteiger charge is -2.05. The smallest absolute Gasteiger partial charge is 0.319 e. The molecule has 4 aromatic heterocycles. The number of rotatable bonds is 4. The topological polar surface area (TPSA) is 84.7 Å². The number of urea groups is 1. The second-order valence-corrected chi connectivity index (χ2v) is 5.89. The van der Waals surface area contributed by atoms with Crippen LogP contribution in [0.2, 0.25) is 0 Å². The first-order chi connectivity index (χ1) is 13.3. The van der Waals surface area contributed by atoms with E-state index in [-0.39, 0.29) is 6.03 Å². The van der Waals surface area contributed by atoms with E-state index in [0.29, 0.717) is 17.7 Å². The SMILES string of the molecule is CCNC(=O)Nc1cn(-c2ccccn2)c2cc(-c3ccccn3)cnc12. The summed E-state index contributed by atoms with van der Waals surface area (Å²) < 4.78 is 1.91. The molecule has 0 spiro atoms. The Kier molecular flexibility index (Phi) is 4.49. The number of anilines is 1. The number of aromatic nitrogens is 4. The summed E-state index contributed by atoms with van der Waals surface area (Å²) in [6.07, 6.45) is 7.07. The van der Waals surface area contributed by atoms with Crippen molar-refractivity contribution in [1.29, 1.82) is 0 Å². The van der Waals surface area contributed by atoms with Crippen LogP contribution in [0.5, 0.6) is 0 Å². The normalized spacial score (nSPS) is 10.7. The summed E-state index contributed by atoms with van der Waals surface area (Å²) in [4.78, 5) is 25.4. The summed E-state index contributed by atoms with van der Waals surface area (Å²) in [5.41, 5.74) is 3.87. The first-order valence-electron chi connectivity index (χ1n) is 8.65. The van der Waals surface area contributed by atoms with E-state index >= 15 is 0 Å². The predicted octanol–water partition coefficient (Wildman–Crippen LogP) is 3.62. The third kappa shape index (κ3) is 3.35. The second kappa shape index (κ2) is 7.25. The summed E-state index contributed by atoms with van der Waals surface area (Å²) in [5.74, 6) is 0.742. The minimum atomic E-state index is -0.270. The van der Waals surface area contributed by atoms with Gasteiger partial charge in [-0.05, 0) is 37.3 Å². The molecular formula is C20H18N6O. The van der Waals surface area contributed by atoms with Crippen molar-refractivity contribution in [2.24, 2.45) is 0 Å². The molecule has 0 aliphatic rings. The summed E-state index contributed by atoms with van der Waals surface area (Å²) in [6.45, 7) is 2.41. The van der Waals surface area contributed by atoms with E-state index in [1.165, 1.54) is 0 Å². The van der Waals surface area contributed by atoms with Crippen LogP contribution >= 0.6 is 0 Å². The van der Waals surface area contributed by atoms with Crippen molar-refractivity contribution < 1.29 is 4.79 Å². The Morgan fingerprint density at radius 1 is 1.07 bits per heavy atom. The van der Waals surface area contributed by atoms with Gasteiger partial charge in [0.1, 0.15) is 11.3 Å². The minimum absolute atomic E-state index is 0.270. The molecule has 0 unspecified atom stereocenters. The van der Waals surface area contributed by atoms with Crippen molar-refractivity contribution >= 4 is 22.8 Å². The molecule has 0 aromatic carbocycles. The highest BCUT2D eigenvalue weighted by Gasteiger charge is 2.15. The van der Waals surface area contributed by atoms with Crippen LogP contribution < -0.4 is 10.6 Å². The zero-order chi connectivity index (χ0) is 18.6. The molecule has 0 fully saturated rings. The van der Waals surface area contributed by atoms with Gasteiger partial charge in [0.05, 0.1) is 16.9 Å². The summed E-state index contributed by atoms with van der Waals surface area (Å²) in [7, 11) is 0. The van der Waals surface area contributed by atoms with Crippen LogP contribution in [-0.4, -0.2) is 32.1 Å². The van der Waals surface area contributed by atoms with Gasteiger partial charge in [-0.2, -0.15) is 0 Å². The van der Waals surface area contributed by atoms with Gasteiger partial charge >= 0.3 is 6.03 Å². The average molecular weight is 358 g/mol. The van der Waals surface area contributed by atoms with Crippen molar-refractivity contribution in [1.82, 2.24) is 24.8 Å². The number of pyridine rings is 3. The maximum absolute atomic E-state index is 12.0. The predicted molar refractivity (Wildman–Crippen MR) is 105 cm³/mol. The number of nitrogens with one attached hydrogen (secondary N) is 2. The maximum Gasteiger partial charge on any atom is 0.319 e. The lowest BCUT2D eigenvalue weighted by atomic mass is 10.2. The fraction of sp³-hybridized carbons (Fsp3) is 0.100. The molecule has 4 rings (SSSR count). The molecule has 0 aliphatic carbocycles. The zero-order valence-corrected chi connectivity index (χ0v) is 14.8.